The zero-order chi connectivity index (χ0) is 21.4. The average Bonchev–Trinajstić information content (AvgIpc) is 3.37. The number of piperidine rings is 1. The molecule has 1 spiro atoms. The number of fused-ring (bicyclic) bond motifs is 3. The SMILES string of the molecule is COc1cc2c(cc1NC(=O)CN1CC[C@H](OC)[C@]3(CCCO3)C1)oc1ccccc12. The van der Waals surface area contributed by atoms with E-state index in [2.05, 4.69) is 10.2 Å². The number of hydrogen-bond donors (Lipinski definition) is 1. The van der Waals surface area contributed by atoms with Gasteiger partial charge in [0.15, 0.2) is 0 Å². The van der Waals surface area contributed by atoms with Crippen molar-refractivity contribution < 1.29 is 23.4 Å². The summed E-state index contributed by atoms with van der Waals surface area (Å²) in [7, 11) is 3.35. The normalized spacial score (nSPS) is 24.3. The number of carbonyl (C=O) groups excluding carboxylic acids is 1. The first-order valence-corrected chi connectivity index (χ1v) is 10.8. The molecule has 1 N–H and O–H groups in total. The van der Waals surface area contributed by atoms with Gasteiger partial charge in [-0.1, -0.05) is 18.2 Å². The maximum Gasteiger partial charge on any atom is 0.238 e. The van der Waals surface area contributed by atoms with Crippen molar-refractivity contribution in [2.75, 3.05) is 45.8 Å². The van der Waals surface area contributed by atoms with E-state index < -0.39 is 0 Å². The molecule has 5 rings (SSSR count). The van der Waals surface area contributed by atoms with Crippen LogP contribution in [0, 0.1) is 0 Å². The molecule has 2 atom stereocenters. The quantitative estimate of drug-likeness (QED) is 0.672. The third-order valence-corrected chi connectivity index (χ3v) is 6.54. The van der Waals surface area contributed by atoms with Crippen molar-refractivity contribution in [3.8, 4) is 5.75 Å². The Bertz CT molecular complexity index is 1100. The van der Waals surface area contributed by atoms with E-state index in [1.54, 1.807) is 14.2 Å². The lowest BCUT2D eigenvalue weighted by molar-refractivity contribution is -0.146. The number of ether oxygens (including phenoxy) is 3. The van der Waals surface area contributed by atoms with Crippen LogP contribution in [0.2, 0.25) is 0 Å². The van der Waals surface area contributed by atoms with Gasteiger partial charge >= 0.3 is 0 Å². The van der Waals surface area contributed by atoms with Crippen LogP contribution in [0.4, 0.5) is 5.69 Å². The number of benzene rings is 2. The van der Waals surface area contributed by atoms with E-state index in [0.29, 0.717) is 24.5 Å². The predicted molar refractivity (Wildman–Crippen MR) is 119 cm³/mol. The molecular formula is C24H28N2O5. The maximum atomic E-state index is 12.9. The van der Waals surface area contributed by atoms with E-state index in [1.165, 1.54) is 0 Å². The van der Waals surface area contributed by atoms with Gasteiger partial charge in [-0.2, -0.15) is 0 Å². The monoisotopic (exact) mass is 424 g/mol. The highest BCUT2D eigenvalue weighted by molar-refractivity contribution is 6.07. The molecule has 2 aliphatic heterocycles. The minimum Gasteiger partial charge on any atom is -0.495 e. The van der Waals surface area contributed by atoms with Crippen LogP contribution < -0.4 is 10.1 Å². The van der Waals surface area contributed by atoms with Crippen LogP contribution in [0.15, 0.2) is 40.8 Å². The number of anilines is 1. The molecule has 7 nitrogen and oxygen atoms in total. The Balaban J connectivity index is 1.33. The molecule has 0 saturated carbocycles. The highest BCUT2D eigenvalue weighted by Gasteiger charge is 2.47. The van der Waals surface area contributed by atoms with Gasteiger partial charge in [0.2, 0.25) is 5.91 Å². The Morgan fingerprint density at radius 3 is 2.87 bits per heavy atom. The highest BCUT2D eigenvalue weighted by atomic mass is 16.6. The number of furan rings is 1. The van der Waals surface area contributed by atoms with Gasteiger partial charge in [-0.3, -0.25) is 9.69 Å². The summed E-state index contributed by atoms with van der Waals surface area (Å²) in [5.41, 5.74) is 1.85. The molecule has 7 heteroatoms. The summed E-state index contributed by atoms with van der Waals surface area (Å²) < 4.78 is 23.3. The first kappa shape index (κ1) is 20.3. The first-order chi connectivity index (χ1) is 15.1. The van der Waals surface area contributed by atoms with Crippen molar-refractivity contribution in [3.63, 3.8) is 0 Å². The van der Waals surface area contributed by atoms with Gasteiger partial charge in [0.05, 0.1) is 25.4 Å². The van der Waals surface area contributed by atoms with Gasteiger partial charge in [-0.25, -0.2) is 0 Å². The van der Waals surface area contributed by atoms with Gasteiger partial charge in [-0.05, 0) is 31.4 Å². The van der Waals surface area contributed by atoms with Crippen molar-refractivity contribution in [2.45, 2.75) is 31.0 Å². The van der Waals surface area contributed by atoms with Crippen LogP contribution in [0.1, 0.15) is 19.3 Å². The number of carbonyl (C=O) groups is 1. The van der Waals surface area contributed by atoms with Crippen molar-refractivity contribution in [1.29, 1.82) is 0 Å². The summed E-state index contributed by atoms with van der Waals surface area (Å²) >= 11 is 0. The molecule has 2 aromatic carbocycles. The number of nitrogens with zero attached hydrogens (tertiary/aromatic N) is 1. The van der Waals surface area contributed by atoms with Crippen LogP contribution in [-0.2, 0) is 14.3 Å². The van der Waals surface area contributed by atoms with E-state index >= 15 is 0 Å². The first-order valence-electron chi connectivity index (χ1n) is 10.8. The van der Waals surface area contributed by atoms with Gasteiger partial charge in [0.25, 0.3) is 0 Å². The minimum absolute atomic E-state index is 0.0854. The molecule has 0 radical (unpaired) electrons. The smallest absolute Gasteiger partial charge is 0.238 e. The number of likely N-dealkylation sites (tertiary alicyclic amines) is 1. The topological polar surface area (TPSA) is 73.2 Å². The van der Waals surface area contributed by atoms with E-state index in [9.17, 15) is 4.79 Å². The van der Waals surface area contributed by atoms with Crippen LogP contribution in [0.25, 0.3) is 21.9 Å². The zero-order valence-corrected chi connectivity index (χ0v) is 18.0. The summed E-state index contributed by atoms with van der Waals surface area (Å²) in [6.45, 7) is 2.56. The molecule has 3 aromatic rings. The lowest BCUT2D eigenvalue weighted by atomic mass is 9.87. The van der Waals surface area contributed by atoms with Gasteiger partial charge in [0.1, 0.15) is 22.5 Å². The van der Waals surface area contributed by atoms with E-state index in [-0.39, 0.29) is 17.6 Å². The van der Waals surface area contributed by atoms with Crippen molar-refractivity contribution in [3.05, 3.63) is 36.4 Å². The van der Waals surface area contributed by atoms with Crippen LogP contribution in [0.3, 0.4) is 0 Å². The average molecular weight is 424 g/mol. The van der Waals surface area contributed by atoms with Crippen LogP contribution >= 0.6 is 0 Å². The molecule has 3 heterocycles. The molecule has 1 aromatic heterocycles. The van der Waals surface area contributed by atoms with E-state index in [1.807, 2.05) is 36.4 Å². The second-order valence-corrected chi connectivity index (χ2v) is 8.44. The largest absolute Gasteiger partial charge is 0.495 e. The summed E-state index contributed by atoms with van der Waals surface area (Å²) in [5.74, 6) is 0.527. The maximum absolute atomic E-state index is 12.9. The Hall–Kier alpha value is -2.61. The molecule has 1 amide bonds. The van der Waals surface area contributed by atoms with Gasteiger partial charge < -0.3 is 23.9 Å². The second kappa shape index (κ2) is 8.15. The second-order valence-electron chi connectivity index (χ2n) is 8.44. The third-order valence-electron chi connectivity index (χ3n) is 6.54. The fourth-order valence-corrected chi connectivity index (χ4v) is 5.10. The Kier molecular flexibility index (Phi) is 5.33. The van der Waals surface area contributed by atoms with Crippen LogP contribution in [0.5, 0.6) is 5.75 Å². The number of rotatable bonds is 5. The number of methoxy groups -OCH3 is 2. The molecule has 0 unspecified atom stereocenters. The Morgan fingerprint density at radius 2 is 2.10 bits per heavy atom. The molecule has 2 fully saturated rings. The molecule has 164 valence electrons. The fraction of sp³-hybridized carbons (Fsp3) is 0.458. The number of hydrogen-bond acceptors (Lipinski definition) is 6. The zero-order valence-electron chi connectivity index (χ0n) is 18.0. The van der Waals surface area contributed by atoms with E-state index in [0.717, 1.165) is 54.4 Å². The standard InChI is InChI=1S/C24H28N2O5/c1-28-21-12-17-16-6-3-4-7-19(16)31-20(17)13-18(21)25-23(27)14-26-10-8-22(29-2)24(15-26)9-5-11-30-24/h3-4,6-7,12-13,22H,5,8-11,14-15H2,1-2H3,(H,25,27)/t22-,24-/m0/s1. The molecule has 2 saturated heterocycles. The molecule has 31 heavy (non-hydrogen) atoms. The molecule has 0 aliphatic carbocycles. The van der Waals surface area contributed by atoms with Gasteiger partial charge in [-0.15, -0.1) is 0 Å². The Labute approximate surface area is 181 Å². The highest BCUT2D eigenvalue weighted by Crippen LogP contribution is 2.38. The number of nitrogens with one attached hydrogen (secondary N) is 1. The molecular weight excluding hydrogens is 396 g/mol. The number of para-hydroxylation sites is 1. The van der Waals surface area contributed by atoms with Crippen molar-refractivity contribution in [2.24, 2.45) is 0 Å². The summed E-state index contributed by atoms with van der Waals surface area (Å²) in [6.07, 6.45) is 2.96. The number of amides is 1. The molecule has 2 aliphatic rings. The minimum atomic E-state index is -0.293. The summed E-state index contributed by atoms with van der Waals surface area (Å²) in [6, 6.07) is 11.6. The van der Waals surface area contributed by atoms with Gasteiger partial charge in [0, 0.05) is 43.6 Å². The van der Waals surface area contributed by atoms with Crippen LogP contribution in [-0.4, -0.2) is 63.0 Å². The Morgan fingerprint density at radius 1 is 1.23 bits per heavy atom. The summed E-state index contributed by atoms with van der Waals surface area (Å²) in [5, 5.41) is 5.00. The summed E-state index contributed by atoms with van der Waals surface area (Å²) in [4.78, 5) is 15.1. The predicted octanol–water partition coefficient (Wildman–Crippen LogP) is 3.80. The van der Waals surface area contributed by atoms with Crippen molar-refractivity contribution >= 4 is 33.5 Å². The lowest BCUT2D eigenvalue weighted by Gasteiger charge is -2.44. The van der Waals surface area contributed by atoms with E-state index in [4.69, 9.17) is 18.6 Å². The third kappa shape index (κ3) is 3.67. The lowest BCUT2D eigenvalue weighted by Crippen LogP contribution is -2.58. The fourth-order valence-electron chi connectivity index (χ4n) is 5.10. The molecule has 0 bridgehead atoms. The van der Waals surface area contributed by atoms with Crippen molar-refractivity contribution in [1.82, 2.24) is 4.90 Å².